The molecule has 2 N–H and O–H groups in total. The van der Waals surface area contributed by atoms with Crippen molar-refractivity contribution < 1.29 is 0 Å². The van der Waals surface area contributed by atoms with Gasteiger partial charge in [0.1, 0.15) is 0 Å². The van der Waals surface area contributed by atoms with Gasteiger partial charge >= 0.3 is 0 Å². The van der Waals surface area contributed by atoms with E-state index in [0.29, 0.717) is 5.92 Å². The molecule has 0 spiro atoms. The molecular weight excluding hydrogens is 110 g/mol. The Bertz CT molecular complexity index is 76.6. The Morgan fingerprint density at radius 2 is 2.22 bits per heavy atom. The Hall–Kier alpha value is -0.300. The van der Waals surface area contributed by atoms with Gasteiger partial charge in [-0.1, -0.05) is 26.0 Å². The third-order valence-corrected chi connectivity index (χ3v) is 1.32. The molecule has 0 radical (unpaired) electrons. The highest BCUT2D eigenvalue weighted by Gasteiger charge is 1.91. The first kappa shape index (κ1) is 8.70. The maximum absolute atomic E-state index is 5.37. The lowest BCUT2D eigenvalue weighted by molar-refractivity contribution is 0.656. The van der Waals surface area contributed by atoms with Gasteiger partial charge < -0.3 is 5.73 Å². The number of allylic oxidation sites excluding steroid dienone is 2. The molecule has 1 nitrogen and oxygen atoms in total. The Balaban J connectivity index is 3.25. The van der Waals surface area contributed by atoms with E-state index in [0.717, 1.165) is 19.4 Å². The van der Waals surface area contributed by atoms with E-state index in [2.05, 4.69) is 26.0 Å². The number of hydrogen-bond acceptors (Lipinski definition) is 1. The molecule has 0 amide bonds. The summed E-state index contributed by atoms with van der Waals surface area (Å²) in [6.07, 6.45) is 6.67. The fourth-order valence-electron chi connectivity index (χ4n) is 0.728. The summed E-state index contributed by atoms with van der Waals surface area (Å²) in [6.45, 7) is 5.14. The minimum absolute atomic E-state index is 0.662. The van der Waals surface area contributed by atoms with Crippen molar-refractivity contribution in [2.24, 2.45) is 11.7 Å². The van der Waals surface area contributed by atoms with Crippen molar-refractivity contribution in [2.75, 3.05) is 6.54 Å². The summed E-state index contributed by atoms with van der Waals surface area (Å²) in [4.78, 5) is 0. The average molecular weight is 127 g/mol. The third-order valence-electron chi connectivity index (χ3n) is 1.32. The smallest absolute Gasteiger partial charge is 0.00718 e. The normalized spacial score (nSPS) is 14.6. The molecule has 9 heavy (non-hydrogen) atoms. The summed E-state index contributed by atoms with van der Waals surface area (Å²) in [6, 6.07) is 0. The lowest BCUT2D eigenvalue weighted by Gasteiger charge is -2.00. The highest BCUT2D eigenvalue weighted by Crippen LogP contribution is 2.01. The van der Waals surface area contributed by atoms with Crippen LogP contribution < -0.4 is 5.73 Å². The summed E-state index contributed by atoms with van der Waals surface area (Å²) >= 11 is 0. The third kappa shape index (κ3) is 5.57. The van der Waals surface area contributed by atoms with Crippen LogP contribution in [-0.2, 0) is 0 Å². The van der Waals surface area contributed by atoms with E-state index in [1.54, 1.807) is 0 Å². The SMILES string of the molecule is CC/C=C\C(C)CCN. The zero-order valence-corrected chi connectivity index (χ0v) is 6.43. The van der Waals surface area contributed by atoms with Crippen LogP contribution in [0.5, 0.6) is 0 Å². The molecule has 0 fully saturated rings. The van der Waals surface area contributed by atoms with Crippen LogP contribution in [0, 0.1) is 5.92 Å². The Morgan fingerprint density at radius 3 is 2.67 bits per heavy atom. The highest BCUT2D eigenvalue weighted by atomic mass is 14.5. The molecule has 0 saturated carbocycles. The predicted molar refractivity (Wildman–Crippen MR) is 42.3 cm³/mol. The molecule has 0 aliphatic rings. The second kappa shape index (κ2) is 5.83. The minimum Gasteiger partial charge on any atom is -0.330 e. The van der Waals surface area contributed by atoms with Crippen molar-refractivity contribution in [3.05, 3.63) is 12.2 Å². The summed E-state index contributed by atoms with van der Waals surface area (Å²) < 4.78 is 0. The molecule has 0 aromatic carbocycles. The summed E-state index contributed by atoms with van der Waals surface area (Å²) in [5.74, 6) is 0.662. The van der Waals surface area contributed by atoms with E-state index in [4.69, 9.17) is 5.73 Å². The van der Waals surface area contributed by atoms with Gasteiger partial charge in [-0.3, -0.25) is 0 Å². The van der Waals surface area contributed by atoms with Crippen molar-refractivity contribution in [3.63, 3.8) is 0 Å². The number of hydrogen-bond donors (Lipinski definition) is 1. The average Bonchev–Trinajstić information content (AvgIpc) is 1.85. The van der Waals surface area contributed by atoms with E-state index >= 15 is 0 Å². The first-order chi connectivity index (χ1) is 4.31. The van der Waals surface area contributed by atoms with E-state index < -0.39 is 0 Å². The fraction of sp³-hybridized carbons (Fsp3) is 0.750. The summed E-state index contributed by atoms with van der Waals surface area (Å²) in [5, 5.41) is 0. The summed E-state index contributed by atoms with van der Waals surface area (Å²) in [7, 11) is 0. The van der Waals surface area contributed by atoms with Gasteiger partial charge in [0.05, 0.1) is 0 Å². The van der Waals surface area contributed by atoms with Crippen LogP contribution in [0.3, 0.4) is 0 Å². The monoisotopic (exact) mass is 127 g/mol. The van der Waals surface area contributed by atoms with Gasteiger partial charge in [-0.05, 0) is 25.3 Å². The zero-order chi connectivity index (χ0) is 7.11. The molecule has 0 aliphatic carbocycles. The molecular formula is C8H17N. The Labute approximate surface area is 57.9 Å². The lowest BCUT2D eigenvalue weighted by atomic mass is 10.1. The first-order valence-corrected chi connectivity index (χ1v) is 3.68. The molecule has 1 unspecified atom stereocenters. The van der Waals surface area contributed by atoms with Crippen LogP contribution in [0.2, 0.25) is 0 Å². The molecule has 1 heteroatoms. The quantitative estimate of drug-likeness (QED) is 0.574. The van der Waals surface area contributed by atoms with Crippen LogP contribution in [0.4, 0.5) is 0 Å². The predicted octanol–water partition coefficient (Wildman–Crippen LogP) is 1.94. The fourth-order valence-corrected chi connectivity index (χ4v) is 0.728. The summed E-state index contributed by atoms with van der Waals surface area (Å²) in [5.41, 5.74) is 5.37. The van der Waals surface area contributed by atoms with Gasteiger partial charge in [0, 0.05) is 0 Å². The highest BCUT2D eigenvalue weighted by molar-refractivity contribution is 4.85. The van der Waals surface area contributed by atoms with Gasteiger partial charge in [-0.25, -0.2) is 0 Å². The molecule has 0 heterocycles. The Morgan fingerprint density at radius 1 is 1.56 bits per heavy atom. The van der Waals surface area contributed by atoms with Gasteiger partial charge in [0.25, 0.3) is 0 Å². The minimum atomic E-state index is 0.662. The molecule has 0 bridgehead atoms. The zero-order valence-electron chi connectivity index (χ0n) is 6.43. The molecule has 1 atom stereocenters. The van der Waals surface area contributed by atoms with Crippen LogP contribution in [0.1, 0.15) is 26.7 Å². The molecule has 0 aromatic rings. The van der Waals surface area contributed by atoms with Crippen molar-refractivity contribution >= 4 is 0 Å². The van der Waals surface area contributed by atoms with Crippen molar-refractivity contribution in [3.8, 4) is 0 Å². The molecule has 0 aliphatic heterocycles. The van der Waals surface area contributed by atoms with E-state index in [1.165, 1.54) is 0 Å². The van der Waals surface area contributed by atoms with Crippen molar-refractivity contribution in [2.45, 2.75) is 26.7 Å². The van der Waals surface area contributed by atoms with Crippen LogP contribution in [0.15, 0.2) is 12.2 Å². The lowest BCUT2D eigenvalue weighted by Crippen LogP contribution is -2.03. The first-order valence-electron chi connectivity index (χ1n) is 3.68. The van der Waals surface area contributed by atoms with E-state index in [9.17, 15) is 0 Å². The standard InChI is InChI=1S/C8H17N/c1-3-4-5-8(2)6-7-9/h4-5,8H,3,6-7,9H2,1-2H3/b5-4-. The van der Waals surface area contributed by atoms with Gasteiger partial charge in [-0.15, -0.1) is 0 Å². The molecule has 0 aromatic heterocycles. The second-order valence-corrected chi connectivity index (χ2v) is 2.39. The number of nitrogens with two attached hydrogens (primary N) is 1. The van der Waals surface area contributed by atoms with Crippen LogP contribution in [0.25, 0.3) is 0 Å². The molecule has 0 rings (SSSR count). The van der Waals surface area contributed by atoms with E-state index in [-0.39, 0.29) is 0 Å². The molecule has 0 saturated heterocycles. The maximum atomic E-state index is 5.37. The largest absolute Gasteiger partial charge is 0.330 e. The van der Waals surface area contributed by atoms with Gasteiger partial charge in [-0.2, -0.15) is 0 Å². The van der Waals surface area contributed by atoms with E-state index in [1.807, 2.05) is 0 Å². The number of rotatable bonds is 4. The van der Waals surface area contributed by atoms with Crippen molar-refractivity contribution in [1.82, 2.24) is 0 Å². The van der Waals surface area contributed by atoms with Gasteiger partial charge in [0.2, 0.25) is 0 Å². The molecule has 54 valence electrons. The van der Waals surface area contributed by atoms with Gasteiger partial charge in [0.15, 0.2) is 0 Å². The topological polar surface area (TPSA) is 26.0 Å². The van der Waals surface area contributed by atoms with Crippen molar-refractivity contribution in [1.29, 1.82) is 0 Å². The second-order valence-electron chi connectivity index (χ2n) is 2.39. The Kier molecular flexibility index (Phi) is 5.64. The van der Waals surface area contributed by atoms with Crippen LogP contribution in [-0.4, -0.2) is 6.54 Å². The maximum Gasteiger partial charge on any atom is -0.00718 e. The van der Waals surface area contributed by atoms with Crippen LogP contribution >= 0.6 is 0 Å².